The maximum Gasteiger partial charge on any atom is 0.258 e. The van der Waals surface area contributed by atoms with Crippen LogP contribution in [0.15, 0.2) is 77.4 Å². The summed E-state index contributed by atoms with van der Waals surface area (Å²) < 4.78 is 19.9. The van der Waals surface area contributed by atoms with Gasteiger partial charge in [-0.15, -0.1) is 0 Å². The van der Waals surface area contributed by atoms with Gasteiger partial charge in [0.15, 0.2) is 0 Å². The molecule has 2 unspecified atom stereocenters. The van der Waals surface area contributed by atoms with Gasteiger partial charge in [-0.05, 0) is 55.8 Å². The highest BCUT2D eigenvalue weighted by Gasteiger charge is 2.37. The summed E-state index contributed by atoms with van der Waals surface area (Å²) in [6, 6.07) is 9.13. The van der Waals surface area contributed by atoms with Gasteiger partial charge in [0.1, 0.15) is 0 Å². The first-order chi connectivity index (χ1) is 15.2. The molecule has 1 aliphatic carbocycles. The maximum absolute atomic E-state index is 14.3. The van der Waals surface area contributed by atoms with Crippen LogP contribution in [0.5, 0.6) is 0 Å². The fraction of sp³-hybridized carbons (Fsp3) is 0.208. The molecule has 166 valence electrons. The molecule has 0 fully saturated rings. The number of halogens is 1. The number of allylic oxidation sites excluding steroid dienone is 5. The molecule has 0 spiro atoms. The Morgan fingerprint density at radius 2 is 1.88 bits per heavy atom. The number of hydrogen-bond acceptors (Lipinski definition) is 5. The molecule has 1 heterocycles. The van der Waals surface area contributed by atoms with E-state index in [1.54, 1.807) is 48.8 Å². The van der Waals surface area contributed by atoms with Gasteiger partial charge in [-0.25, -0.2) is 0 Å². The first kappa shape index (κ1) is 23.9. The van der Waals surface area contributed by atoms with Crippen LogP contribution in [0.4, 0.5) is 0 Å². The summed E-state index contributed by atoms with van der Waals surface area (Å²) in [5.74, 6) is -1.20. The van der Waals surface area contributed by atoms with Crippen LogP contribution in [0.2, 0.25) is 0 Å². The Bertz CT molecular complexity index is 1150. The summed E-state index contributed by atoms with van der Waals surface area (Å²) in [6.07, 6.45) is 9.31. The first-order valence-corrected chi connectivity index (χ1v) is 12.0. The molecule has 1 aliphatic rings. The van der Waals surface area contributed by atoms with Crippen LogP contribution in [0.3, 0.4) is 0 Å². The van der Waals surface area contributed by atoms with Gasteiger partial charge in [0.05, 0.1) is 5.92 Å². The molecule has 6 nitrogen and oxygen atoms in total. The molecule has 1 amide bonds. The lowest BCUT2D eigenvalue weighted by molar-refractivity contribution is -0.116. The van der Waals surface area contributed by atoms with Gasteiger partial charge in [-0.1, -0.05) is 34.9 Å². The molecule has 0 radical (unpaired) electrons. The molecule has 2 aromatic rings. The summed E-state index contributed by atoms with van der Waals surface area (Å²) in [4.78, 5) is 16.8. The van der Waals surface area contributed by atoms with Crippen molar-refractivity contribution in [3.8, 4) is 0 Å². The molecule has 0 saturated heterocycles. The third kappa shape index (κ3) is 5.52. The Hall–Kier alpha value is -2.79. The number of nitrogens with one attached hydrogen (secondary N) is 2. The van der Waals surface area contributed by atoms with E-state index in [0.717, 1.165) is 16.7 Å². The van der Waals surface area contributed by atoms with E-state index in [0.29, 0.717) is 10.3 Å². The van der Waals surface area contributed by atoms with Crippen molar-refractivity contribution in [1.82, 2.24) is 10.3 Å². The molecular formula is C24H25ClN3O3P. The summed E-state index contributed by atoms with van der Waals surface area (Å²) >= 11 is 6.20. The van der Waals surface area contributed by atoms with E-state index in [2.05, 4.69) is 10.3 Å². The van der Waals surface area contributed by atoms with Gasteiger partial charge in [-0.3, -0.25) is 14.3 Å². The second-order valence-corrected chi connectivity index (χ2v) is 10.5. The van der Waals surface area contributed by atoms with Gasteiger partial charge in [-0.2, -0.15) is 0 Å². The standard InChI is InChI=1S/C24H25ClN3O3P/c1-16-10-17(2)12-20(11-16)32(30,31-3)23(21-13-19(25)4-5-22(21)26)14-24(29)28-15-18-6-8-27-9-7-18/h4-14,21,26H,15H2,1-3H3,(H,28,29)/b23-14-,26-22?. The highest BCUT2D eigenvalue weighted by atomic mass is 35.5. The van der Waals surface area contributed by atoms with Crippen LogP contribution < -0.4 is 10.6 Å². The van der Waals surface area contributed by atoms with Crippen molar-refractivity contribution in [2.45, 2.75) is 20.4 Å². The zero-order chi connectivity index (χ0) is 23.3. The molecule has 1 aromatic heterocycles. The Morgan fingerprint density at radius 3 is 2.50 bits per heavy atom. The van der Waals surface area contributed by atoms with Crippen LogP contribution in [0, 0.1) is 25.2 Å². The third-order valence-corrected chi connectivity index (χ3v) is 7.83. The Morgan fingerprint density at radius 1 is 1.22 bits per heavy atom. The second-order valence-electron chi connectivity index (χ2n) is 7.54. The molecule has 8 heteroatoms. The van der Waals surface area contributed by atoms with Crippen molar-refractivity contribution < 1.29 is 13.9 Å². The predicted molar refractivity (Wildman–Crippen MR) is 129 cm³/mol. The third-order valence-electron chi connectivity index (χ3n) is 5.04. The summed E-state index contributed by atoms with van der Waals surface area (Å²) in [5, 5.41) is 12.3. The number of carbonyl (C=O) groups excluding carboxylic acids is 1. The molecule has 3 rings (SSSR count). The minimum absolute atomic E-state index is 0.171. The molecule has 1 aromatic carbocycles. The van der Waals surface area contributed by atoms with E-state index >= 15 is 0 Å². The summed E-state index contributed by atoms with van der Waals surface area (Å²) in [7, 11) is -2.33. The predicted octanol–water partition coefficient (Wildman–Crippen LogP) is 4.78. The minimum Gasteiger partial charge on any atom is -0.348 e. The van der Waals surface area contributed by atoms with Crippen LogP contribution in [0.25, 0.3) is 0 Å². The smallest absolute Gasteiger partial charge is 0.258 e. The van der Waals surface area contributed by atoms with Gasteiger partial charge in [0, 0.05) is 53.5 Å². The van der Waals surface area contributed by atoms with E-state index in [-0.39, 0.29) is 17.6 Å². The minimum atomic E-state index is -3.69. The average Bonchev–Trinajstić information content (AvgIpc) is 2.77. The van der Waals surface area contributed by atoms with Crippen molar-refractivity contribution >= 4 is 35.9 Å². The lowest BCUT2D eigenvalue weighted by Crippen LogP contribution is -2.25. The van der Waals surface area contributed by atoms with Crippen LogP contribution >= 0.6 is 19.0 Å². The van der Waals surface area contributed by atoms with E-state index in [1.807, 2.05) is 19.9 Å². The quantitative estimate of drug-likeness (QED) is 0.451. The molecule has 32 heavy (non-hydrogen) atoms. The summed E-state index contributed by atoms with van der Waals surface area (Å²) in [5.41, 5.74) is 2.89. The van der Waals surface area contributed by atoms with E-state index in [4.69, 9.17) is 21.5 Å². The number of carbonyl (C=O) groups is 1. The van der Waals surface area contributed by atoms with Gasteiger partial charge < -0.3 is 15.2 Å². The zero-order valence-corrected chi connectivity index (χ0v) is 19.8. The van der Waals surface area contributed by atoms with Crippen molar-refractivity contribution in [2.75, 3.05) is 7.11 Å². The highest BCUT2D eigenvalue weighted by Crippen LogP contribution is 2.57. The number of rotatable bonds is 7. The van der Waals surface area contributed by atoms with Crippen LogP contribution in [0.1, 0.15) is 16.7 Å². The molecular weight excluding hydrogens is 445 g/mol. The Balaban J connectivity index is 2.06. The topological polar surface area (TPSA) is 92.1 Å². The van der Waals surface area contributed by atoms with Gasteiger partial charge in [0.25, 0.3) is 7.37 Å². The lowest BCUT2D eigenvalue weighted by atomic mass is 9.97. The van der Waals surface area contributed by atoms with Crippen molar-refractivity contribution in [3.05, 3.63) is 94.1 Å². The summed E-state index contributed by atoms with van der Waals surface area (Å²) in [6.45, 7) is 4.09. The fourth-order valence-electron chi connectivity index (χ4n) is 3.54. The molecule has 2 atom stereocenters. The monoisotopic (exact) mass is 469 g/mol. The van der Waals surface area contributed by atoms with Crippen LogP contribution in [-0.2, 0) is 20.4 Å². The Kier molecular flexibility index (Phi) is 7.62. The zero-order valence-electron chi connectivity index (χ0n) is 18.1. The van der Waals surface area contributed by atoms with Gasteiger partial charge in [0.2, 0.25) is 5.91 Å². The number of pyridine rings is 1. The van der Waals surface area contributed by atoms with E-state index in [1.165, 1.54) is 19.3 Å². The number of aryl methyl sites for hydroxylation is 2. The second kappa shape index (κ2) is 10.2. The van der Waals surface area contributed by atoms with E-state index < -0.39 is 19.2 Å². The number of benzene rings is 1. The fourth-order valence-corrected chi connectivity index (χ4v) is 6.06. The molecule has 0 aliphatic heterocycles. The molecule has 0 saturated carbocycles. The highest BCUT2D eigenvalue weighted by molar-refractivity contribution is 7.71. The van der Waals surface area contributed by atoms with Crippen molar-refractivity contribution in [2.24, 2.45) is 5.92 Å². The molecule has 0 bridgehead atoms. The number of hydrogen-bond donors (Lipinski definition) is 2. The number of amides is 1. The van der Waals surface area contributed by atoms with Crippen molar-refractivity contribution in [3.63, 3.8) is 0 Å². The number of aromatic nitrogens is 1. The normalized spacial score (nSPS) is 18.1. The average molecular weight is 470 g/mol. The van der Waals surface area contributed by atoms with E-state index in [9.17, 15) is 9.36 Å². The van der Waals surface area contributed by atoms with Gasteiger partial charge >= 0.3 is 0 Å². The maximum atomic E-state index is 14.3. The first-order valence-electron chi connectivity index (χ1n) is 10.0. The van der Waals surface area contributed by atoms with Crippen molar-refractivity contribution in [1.29, 1.82) is 5.41 Å². The van der Waals surface area contributed by atoms with Crippen LogP contribution in [-0.4, -0.2) is 23.7 Å². The number of nitrogens with zero attached hydrogens (tertiary/aromatic N) is 1. The Labute approximate surface area is 193 Å². The molecule has 2 N–H and O–H groups in total. The lowest BCUT2D eigenvalue weighted by Gasteiger charge is -2.27. The largest absolute Gasteiger partial charge is 0.348 e. The SMILES string of the molecule is COP(=O)(/C(=C\C(=O)NCc1ccncc1)C1C=C(Cl)C=CC1=N)c1cc(C)cc(C)c1.